The zero-order valence-electron chi connectivity index (χ0n) is 15.9. The lowest BCUT2D eigenvalue weighted by atomic mass is 9.80. The van der Waals surface area contributed by atoms with E-state index in [1.807, 2.05) is 18.5 Å². The Kier molecular flexibility index (Phi) is 4.32. The molecular weight excluding hydrogens is 338 g/mol. The number of rotatable bonds is 5. The van der Waals surface area contributed by atoms with Crippen LogP contribution in [-0.4, -0.2) is 46.1 Å². The van der Waals surface area contributed by atoms with E-state index in [0.717, 1.165) is 56.8 Å². The Balaban J connectivity index is 1.39. The summed E-state index contributed by atoms with van der Waals surface area (Å²) in [6.07, 6.45) is 7.54. The van der Waals surface area contributed by atoms with Crippen molar-refractivity contribution >= 4 is 5.95 Å². The molecule has 2 fully saturated rings. The van der Waals surface area contributed by atoms with E-state index in [-0.39, 0.29) is 5.41 Å². The van der Waals surface area contributed by atoms with Gasteiger partial charge in [-0.05, 0) is 50.3 Å². The van der Waals surface area contributed by atoms with E-state index >= 15 is 0 Å². The Morgan fingerprint density at radius 3 is 3.07 bits per heavy atom. The minimum atomic E-state index is -0.0144. The minimum Gasteiger partial charge on any atom is -0.376 e. The topological polar surface area (TPSA) is 63.2 Å². The second-order valence-corrected chi connectivity index (χ2v) is 8.38. The lowest BCUT2D eigenvalue weighted by molar-refractivity contribution is 0.0498. The molecule has 2 aromatic rings. The number of fused-ring (bicyclic) bond motifs is 2. The van der Waals surface area contributed by atoms with E-state index < -0.39 is 0 Å². The number of ether oxygens (including phenoxy) is 1. The summed E-state index contributed by atoms with van der Waals surface area (Å²) in [5.41, 5.74) is 4.72. The van der Waals surface area contributed by atoms with Gasteiger partial charge in [-0.15, -0.1) is 0 Å². The van der Waals surface area contributed by atoms with Crippen molar-refractivity contribution < 1.29 is 4.74 Å². The number of hydrogen-bond acceptors (Lipinski definition) is 6. The SMILES string of the molecule is Cc1nc(NCC2CC2)nc2c1COC[C@@]21CCN(Cc2cccnc2)C1. The first kappa shape index (κ1) is 17.1. The first-order chi connectivity index (χ1) is 13.2. The van der Waals surface area contributed by atoms with Crippen molar-refractivity contribution in [3.05, 3.63) is 47.0 Å². The second-order valence-electron chi connectivity index (χ2n) is 8.38. The Hall–Kier alpha value is -2.05. The van der Waals surface area contributed by atoms with E-state index in [1.54, 1.807) is 0 Å². The highest BCUT2D eigenvalue weighted by molar-refractivity contribution is 5.40. The number of pyridine rings is 1. The standard InChI is InChI=1S/C21H27N5O/c1-15-18-12-27-14-21(19(18)25-20(24-15)23-10-16-4-5-16)6-8-26(13-21)11-17-3-2-7-22-9-17/h2-3,7,9,16H,4-6,8,10-14H2,1H3,(H,23,24,25)/t21-/m0/s1. The summed E-state index contributed by atoms with van der Waals surface area (Å²) in [6.45, 7) is 7.44. The fourth-order valence-corrected chi connectivity index (χ4v) is 4.42. The third-order valence-corrected chi connectivity index (χ3v) is 6.15. The smallest absolute Gasteiger partial charge is 0.223 e. The van der Waals surface area contributed by atoms with Crippen molar-refractivity contribution in [3.8, 4) is 0 Å². The molecule has 6 nitrogen and oxygen atoms in total. The zero-order chi connectivity index (χ0) is 18.3. The molecule has 3 aliphatic rings. The molecule has 1 N–H and O–H groups in total. The molecule has 142 valence electrons. The summed E-state index contributed by atoms with van der Waals surface area (Å²) in [4.78, 5) is 16.5. The van der Waals surface area contributed by atoms with Gasteiger partial charge in [0, 0.05) is 43.3 Å². The van der Waals surface area contributed by atoms with Gasteiger partial charge in [0.25, 0.3) is 0 Å². The van der Waals surface area contributed by atoms with Crippen molar-refractivity contribution in [2.45, 2.75) is 44.8 Å². The molecule has 1 spiro atoms. The van der Waals surface area contributed by atoms with Gasteiger partial charge >= 0.3 is 0 Å². The van der Waals surface area contributed by atoms with Crippen LogP contribution in [0.5, 0.6) is 0 Å². The molecule has 1 atom stereocenters. The third-order valence-electron chi connectivity index (χ3n) is 6.15. The Morgan fingerprint density at radius 2 is 2.26 bits per heavy atom. The number of aromatic nitrogens is 3. The van der Waals surface area contributed by atoms with Gasteiger partial charge in [0.1, 0.15) is 0 Å². The lowest BCUT2D eigenvalue weighted by Crippen LogP contribution is -2.41. The zero-order valence-corrected chi connectivity index (χ0v) is 15.9. The van der Waals surface area contributed by atoms with Crippen LogP contribution in [0, 0.1) is 12.8 Å². The van der Waals surface area contributed by atoms with E-state index in [0.29, 0.717) is 6.61 Å². The molecule has 5 rings (SSSR count). The number of nitrogens with zero attached hydrogens (tertiary/aromatic N) is 4. The Labute approximate surface area is 160 Å². The highest BCUT2D eigenvalue weighted by Crippen LogP contribution is 2.40. The van der Waals surface area contributed by atoms with Gasteiger partial charge in [0.2, 0.25) is 5.95 Å². The fraction of sp³-hybridized carbons (Fsp3) is 0.571. The molecule has 1 saturated carbocycles. The number of aryl methyl sites for hydroxylation is 1. The van der Waals surface area contributed by atoms with Gasteiger partial charge in [0.15, 0.2) is 0 Å². The molecule has 4 heterocycles. The summed E-state index contributed by atoms with van der Waals surface area (Å²) in [6, 6.07) is 4.16. The quantitative estimate of drug-likeness (QED) is 0.879. The summed E-state index contributed by atoms with van der Waals surface area (Å²) < 4.78 is 6.02. The van der Waals surface area contributed by atoms with Gasteiger partial charge in [-0.3, -0.25) is 9.88 Å². The van der Waals surface area contributed by atoms with Crippen molar-refractivity contribution in [2.24, 2.45) is 5.92 Å². The summed E-state index contributed by atoms with van der Waals surface area (Å²) >= 11 is 0. The van der Waals surface area contributed by atoms with Crippen LogP contribution in [-0.2, 0) is 23.3 Å². The average molecular weight is 365 g/mol. The molecule has 1 saturated heterocycles. The van der Waals surface area contributed by atoms with Crippen LogP contribution in [0.2, 0.25) is 0 Å². The first-order valence-electron chi connectivity index (χ1n) is 10.0. The molecule has 2 aromatic heterocycles. The van der Waals surface area contributed by atoms with Crippen LogP contribution in [0.1, 0.15) is 41.8 Å². The van der Waals surface area contributed by atoms with Gasteiger partial charge < -0.3 is 10.1 Å². The summed E-state index contributed by atoms with van der Waals surface area (Å²) in [5, 5.41) is 3.47. The maximum atomic E-state index is 6.02. The molecule has 27 heavy (non-hydrogen) atoms. The van der Waals surface area contributed by atoms with Crippen LogP contribution < -0.4 is 5.32 Å². The molecule has 0 unspecified atom stereocenters. The van der Waals surface area contributed by atoms with E-state index in [2.05, 4.69) is 28.2 Å². The average Bonchev–Trinajstić information content (AvgIpc) is 3.43. The number of hydrogen-bond donors (Lipinski definition) is 1. The highest BCUT2D eigenvalue weighted by atomic mass is 16.5. The van der Waals surface area contributed by atoms with Gasteiger partial charge in [-0.2, -0.15) is 0 Å². The van der Waals surface area contributed by atoms with Crippen molar-refractivity contribution in [1.82, 2.24) is 19.9 Å². The fourth-order valence-electron chi connectivity index (χ4n) is 4.42. The van der Waals surface area contributed by atoms with E-state index in [4.69, 9.17) is 14.7 Å². The molecule has 2 aliphatic heterocycles. The molecule has 0 aromatic carbocycles. The predicted octanol–water partition coefficient (Wildman–Crippen LogP) is 2.68. The maximum absolute atomic E-state index is 6.02. The summed E-state index contributed by atoms with van der Waals surface area (Å²) in [7, 11) is 0. The molecule has 0 radical (unpaired) electrons. The third kappa shape index (κ3) is 3.44. The first-order valence-corrected chi connectivity index (χ1v) is 10.0. The van der Waals surface area contributed by atoms with Crippen molar-refractivity contribution in [2.75, 3.05) is 31.6 Å². The second kappa shape index (κ2) is 6.84. The Bertz CT molecular complexity index is 823. The van der Waals surface area contributed by atoms with Gasteiger partial charge in [0.05, 0.1) is 24.3 Å². The minimum absolute atomic E-state index is 0.0144. The monoisotopic (exact) mass is 365 g/mol. The molecule has 0 bridgehead atoms. The summed E-state index contributed by atoms with van der Waals surface area (Å²) in [5.74, 6) is 1.61. The van der Waals surface area contributed by atoms with Crippen molar-refractivity contribution in [3.63, 3.8) is 0 Å². The number of nitrogens with one attached hydrogen (secondary N) is 1. The van der Waals surface area contributed by atoms with Crippen LogP contribution >= 0.6 is 0 Å². The number of anilines is 1. The normalized spacial score (nSPS) is 24.9. The predicted molar refractivity (Wildman–Crippen MR) is 103 cm³/mol. The van der Waals surface area contributed by atoms with E-state index in [1.165, 1.54) is 29.7 Å². The largest absolute Gasteiger partial charge is 0.376 e. The molecular formula is C21H27N5O. The maximum Gasteiger partial charge on any atom is 0.223 e. The van der Waals surface area contributed by atoms with Crippen molar-refractivity contribution in [1.29, 1.82) is 0 Å². The Morgan fingerprint density at radius 1 is 1.33 bits per heavy atom. The van der Waals surface area contributed by atoms with Crippen LogP contribution in [0.25, 0.3) is 0 Å². The molecule has 0 amide bonds. The highest BCUT2D eigenvalue weighted by Gasteiger charge is 2.45. The lowest BCUT2D eigenvalue weighted by Gasteiger charge is -2.35. The van der Waals surface area contributed by atoms with Gasteiger partial charge in [-0.25, -0.2) is 9.97 Å². The number of likely N-dealkylation sites (tertiary alicyclic amines) is 1. The molecule has 6 heteroatoms. The van der Waals surface area contributed by atoms with Crippen LogP contribution in [0.15, 0.2) is 24.5 Å². The van der Waals surface area contributed by atoms with Crippen LogP contribution in [0.4, 0.5) is 5.95 Å². The van der Waals surface area contributed by atoms with E-state index in [9.17, 15) is 0 Å². The van der Waals surface area contributed by atoms with Gasteiger partial charge in [-0.1, -0.05) is 6.07 Å². The molecule has 1 aliphatic carbocycles. The van der Waals surface area contributed by atoms with Crippen LogP contribution in [0.3, 0.4) is 0 Å².